The van der Waals surface area contributed by atoms with Crippen molar-refractivity contribution < 1.29 is 4.42 Å². The summed E-state index contributed by atoms with van der Waals surface area (Å²) in [5.41, 5.74) is 9.72. The Kier molecular flexibility index (Phi) is 7.79. The third kappa shape index (κ3) is 5.54. The number of aromatic nitrogens is 4. The number of hydrogen-bond donors (Lipinski definition) is 0. The smallest absolute Gasteiger partial charge is 0.164 e. The van der Waals surface area contributed by atoms with Crippen LogP contribution in [-0.2, 0) is 0 Å². The fourth-order valence-electron chi connectivity index (χ4n) is 10.1. The van der Waals surface area contributed by atoms with Crippen LogP contribution in [0.15, 0.2) is 211 Å². The molecule has 0 radical (unpaired) electrons. The van der Waals surface area contributed by atoms with E-state index >= 15 is 0 Å². The molecular weight excluding hydrogens is 813 g/mol. The Hall–Kier alpha value is -8.45. The highest BCUT2D eigenvalue weighted by molar-refractivity contribution is 7.25. The first-order valence-corrected chi connectivity index (χ1v) is 22.7. The molecule has 5 nitrogen and oxygen atoms in total. The van der Waals surface area contributed by atoms with Gasteiger partial charge >= 0.3 is 0 Å². The largest absolute Gasteiger partial charge is 0.454 e. The van der Waals surface area contributed by atoms with E-state index in [1.807, 2.05) is 12.1 Å². The molecule has 4 heterocycles. The zero-order valence-corrected chi connectivity index (χ0v) is 35.6. The van der Waals surface area contributed by atoms with Crippen molar-refractivity contribution in [1.82, 2.24) is 19.5 Å². The summed E-state index contributed by atoms with van der Waals surface area (Å²) >= 11 is 1.79. The third-order valence-electron chi connectivity index (χ3n) is 13.0. The normalized spacial score (nSPS) is 12.0. The molecule has 65 heavy (non-hydrogen) atoms. The van der Waals surface area contributed by atoms with Crippen molar-refractivity contribution in [2.24, 2.45) is 0 Å². The minimum atomic E-state index is 0.578. The van der Waals surface area contributed by atoms with Gasteiger partial charge in [0.1, 0.15) is 5.58 Å². The van der Waals surface area contributed by atoms with E-state index in [1.54, 1.807) is 11.3 Å². The molecule has 0 aliphatic heterocycles. The van der Waals surface area contributed by atoms with Gasteiger partial charge in [-0.05, 0) is 87.3 Å². The van der Waals surface area contributed by atoms with Gasteiger partial charge in [-0.2, -0.15) is 0 Å². The number of benzene rings is 10. The van der Waals surface area contributed by atoms with E-state index in [1.165, 1.54) is 47.1 Å². The number of nitrogens with zero attached hydrogens (tertiary/aromatic N) is 4. The molecule has 6 heteroatoms. The molecule has 14 aromatic rings. The van der Waals surface area contributed by atoms with E-state index in [-0.39, 0.29) is 0 Å². The standard InChI is InChI=1S/C59H34N4OS/c1-2-14-35(15-3-1)37-19-12-20-40(32-37)57-60-58(44-24-13-27-52-54(44)43-23-9-11-26-51(43)65-52)62-59(61-57)45-29-31-48(56-55(45)42-22-8-10-25-50(42)64-56)63-47-30-28-36-16-6-7-21-41(36)53(47)46-33-38-17-4-5-18-39(38)34-49(46)63/h1-34H. The molecule has 0 unspecified atom stereocenters. The van der Waals surface area contributed by atoms with Crippen molar-refractivity contribution in [1.29, 1.82) is 0 Å². The van der Waals surface area contributed by atoms with Gasteiger partial charge in [0, 0.05) is 58.4 Å². The van der Waals surface area contributed by atoms with Crippen LogP contribution in [0.2, 0.25) is 0 Å². The Labute approximate surface area is 376 Å². The van der Waals surface area contributed by atoms with E-state index in [2.05, 4.69) is 199 Å². The molecule has 0 amide bonds. The quantitative estimate of drug-likeness (QED) is 0.173. The number of hydrogen-bond acceptors (Lipinski definition) is 5. The summed E-state index contributed by atoms with van der Waals surface area (Å²) in [5, 5.41) is 11.5. The Morgan fingerprint density at radius 3 is 1.88 bits per heavy atom. The predicted molar refractivity (Wildman–Crippen MR) is 271 cm³/mol. The first-order valence-electron chi connectivity index (χ1n) is 21.8. The van der Waals surface area contributed by atoms with Crippen molar-refractivity contribution >= 4 is 96.8 Å². The summed E-state index contributed by atoms with van der Waals surface area (Å²) in [6, 6.07) is 73.1. The molecule has 302 valence electrons. The Morgan fingerprint density at radius 2 is 1.02 bits per heavy atom. The van der Waals surface area contributed by atoms with Gasteiger partial charge in [0.2, 0.25) is 0 Å². The zero-order chi connectivity index (χ0) is 42.6. The van der Waals surface area contributed by atoms with Crippen LogP contribution in [0.1, 0.15) is 0 Å². The average molecular weight is 847 g/mol. The number of thiophene rings is 1. The Bertz CT molecular complexity index is 4260. The lowest BCUT2D eigenvalue weighted by molar-refractivity contribution is 0.666. The van der Waals surface area contributed by atoms with Crippen LogP contribution in [0.4, 0.5) is 0 Å². The van der Waals surface area contributed by atoms with E-state index in [4.69, 9.17) is 19.4 Å². The number of para-hydroxylation sites is 1. The van der Waals surface area contributed by atoms with E-state index in [0.717, 1.165) is 71.9 Å². The van der Waals surface area contributed by atoms with Crippen LogP contribution in [0.25, 0.3) is 136 Å². The average Bonchev–Trinajstić information content (AvgIpc) is 4.06. The minimum Gasteiger partial charge on any atom is -0.454 e. The second kappa shape index (κ2) is 14.0. The van der Waals surface area contributed by atoms with Gasteiger partial charge in [0.25, 0.3) is 0 Å². The van der Waals surface area contributed by atoms with Gasteiger partial charge in [-0.15, -0.1) is 11.3 Å². The monoisotopic (exact) mass is 846 g/mol. The Balaban J connectivity index is 1.07. The fraction of sp³-hybridized carbons (Fsp3) is 0. The summed E-state index contributed by atoms with van der Waals surface area (Å²) in [6.45, 7) is 0. The molecular formula is C59H34N4OS. The van der Waals surface area contributed by atoms with Crippen molar-refractivity contribution in [2.75, 3.05) is 0 Å². The van der Waals surface area contributed by atoms with Gasteiger partial charge in [0.15, 0.2) is 23.1 Å². The molecule has 10 aromatic carbocycles. The van der Waals surface area contributed by atoms with E-state index in [9.17, 15) is 0 Å². The van der Waals surface area contributed by atoms with Crippen molar-refractivity contribution in [3.05, 3.63) is 206 Å². The summed E-state index contributed by atoms with van der Waals surface area (Å²) in [7, 11) is 0. The highest BCUT2D eigenvalue weighted by Crippen LogP contribution is 2.45. The second-order valence-electron chi connectivity index (χ2n) is 16.7. The van der Waals surface area contributed by atoms with Crippen LogP contribution in [0, 0.1) is 0 Å². The van der Waals surface area contributed by atoms with Gasteiger partial charge in [-0.1, -0.05) is 152 Å². The van der Waals surface area contributed by atoms with Gasteiger partial charge < -0.3 is 8.98 Å². The van der Waals surface area contributed by atoms with Crippen molar-refractivity contribution in [2.45, 2.75) is 0 Å². The maximum atomic E-state index is 7.04. The van der Waals surface area contributed by atoms with Gasteiger partial charge in [-0.25, -0.2) is 15.0 Å². The highest BCUT2D eigenvalue weighted by atomic mass is 32.1. The number of fused-ring (bicyclic) bond motifs is 12. The highest BCUT2D eigenvalue weighted by Gasteiger charge is 2.24. The Morgan fingerprint density at radius 1 is 0.369 bits per heavy atom. The van der Waals surface area contributed by atoms with E-state index < -0.39 is 0 Å². The molecule has 0 spiro atoms. The second-order valence-corrected chi connectivity index (χ2v) is 17.8. The lowest BCUT2D eigenvalue weighted by Gasteiger charge is -2.13. The van der Waals surface area contributed by atoms with Gasteiger partial charge in [-0.3, -0.25) is 0 Å². The lowest BCUT2D eigenvalue weighted by Crippen LogP contribution is -2.02. The van der Waals surface area contributed by atoms with Crippen LogP contribution < -0.4 is 0 Å². The van der Waals surface area contributed by atoms with Crippen LogP contribution in [0.5, 0.6) is 0 Å². The maximum absolute atomic E-state index is 7.04. The van der Waals surface area contributed by atoms with Crippen molar-refractivity contribution in [3.8, 4) is 51.0 Å². The van der Waals surface area contributed by atoms with Crippen LogP contribution in [-0.4, -0.2) is 19.5 Å². The maximum Gasteiger partial charge on any atom is 0.164 e. The summed E-state index contributed by atoms with van der Waals surface area (Å²) in [6.07, 6.45) is 0. The third-order valence-corrected chi connectivity index (χ3v) is 14.2. The number of rotatable bonds is 5. The predicted octanol–water partition coefficient (Wildman–Crippen LogP) is 16.2. The number of furan rings is 1. The first-order chi connectivity index (χ1) is 32.2. The molecule has 0 atom stereocenters. The molecule has 0 saturated carbocycles. The van der Waals surface area contributed by atoms with Crippen molar-refractivity contribution in [3.63, 3.8) is 0 Å². The molecule has 0 bridgehead atoms. The van der Waals surface area contributed by atoms with E-state index in [0.29, 0.717) is 17.5 Å². The topological polar surface area (TPSA) is 56.7 Å². The summed E-state index contributed by atoms with van der Waals surface area (Å²) < 4.78 is 11.9. The fourth-order valence-corrected chi connectivity index (χ4v) is 11.2. The summed E-state index contributed by atoms with van der Waals surface area (Å²) in [5.74, 6) is 1.80. The molecule has 0 saturated heterocycles. The molecule has 14 rings (SSSR count). The molecule has 0 aliphatic rings. The van der Waals surface area contributed by atoms with Crippen LogP contribution >= 0.6 is 11.3 Å². The molecule has 0 aliphatic carbocycles. The molecule has 0 N–H and O–H groups in total. The molecule has 4 aromatic heterocycles. The summed E-state index contributed by atoms with van der Waals surface area (Å²) in [4.78, 5) is 16.2. The minimum absolute atomic E-state index is 0.578. The first kappa shape index (κ1) is 36.1. The lowest BCUT2D eigenvalue weighted by atomic mass is 10.0. The zero-order valence-electron chi connectivity index (χ0n) is 34.7. The van der Waals surface area contributed by atoms with Gasteiger partial charge in [0.05, 0.1) is 16.7 Å². The molecule has 0 fully saturated rings. The SMILES string of the molecule is c1ccc(-c2cccc(-c3nc(-c4cccc5sc6ccccc6c45)nc(-c4ccc(-n5c6cc7ccccc7cc6c6c7ccccc7ccc65)c5oc6ccccc6c45)n3)c2)cc1. The van der Waals surface area contributed by atoms with Crippen LogP contribution in [0.3, 0.4) is 0 Å².